The molecule has 4 amide bonds. The van der Waals surface area contributed by atoms with Gasteiger partial charge in [-0.1, -0.05) is 6.07 Å². The van der Waals surface area contributed by atoms with Gasteiger partial charge in [0.15, 0.2) is 5.69 Å². The fraction of sp³-hybridized carbons (Fsp3) is 0.250. The number of carbonyl (C=O) groups excluding carboxylic acids is 3. The van der Waals surface area contributed by atoms with E-state index >= 15 is 0 Å². The Morgan fingerprint density at radius 3 is 2.50 bits per heavy atom. The number of hydrogen-bond acceptors (Lipinski definition) is 9. The predicted molar refractivity (Wildman–Crippen MR) is 155 cm³/mol. The van der Waals surface area contributed by atoms with Crippen LogP contribution in [-0.4, -0.2) is 80.1 Å². The number of nitrogens with one attached hydrogen (secondary N) is 3. The van der Waals surface area contributed by atoms with E-state index in [1.165, 1.54) is 30.5 Å². The van der Waals surface area contributed by atoms with Crippen LogP contribution in [0.25, 0.3) is 22.7 Å². The fourth-order valence-corrected chi connectivity index (χ4v) is 4.23. The van der Waals surface area contributed by atoms with E-state index in [9.17, 15) is 37.5 Å². The van der Waals surface area contributed by atoms with Gasteiger partial charge in [-0.05, 0) is 43.5 Å². The second-order valence-corrected chi connectivity index (χ2v) is 9.69. The summed E-state index contributed by atoms with van der Waals surface area (Å²) < 4.78 is 44.0. The van der Waals surface area contributed by atoms with Gasteiger partial charge in [-0.25, -0.2) is 14.8 Å². The lowest BCUT2D eigenvalue weighted by Crippen LogP contribution is -2.38. The standard InChI is InChI=1S/C28H27F3N8O7/c29-28(30,31)14-39(27(44)45)21-11-16(6-8-33-21)26-37-20(13-46-26)25(43)36-19-12-35-38-22(19)15-4-5-17(18(10-15)23(32)41)24(42)34-7-2-1-3-9-40/h4-6,8,10-13,40H,1-3,7,9,14H2,(H2,32,41)(H,34,42)(H,35,38)(H,36,43)(H,44,45). The van der Waals surface area contributed by atoms with Crippen molar-refractivity contribution in [1.29, 1.82) is 0 Å². The number of oxazole rings is 1. The zero-order valence-electron chi connectivity index (χ0n) is 23.8. The lowest BCUT2D eigenvalue weighted by atomic mass is 10.0. The molecule has 3 aromatic heterocycles. The van der Waals surface area contributed by atoms with Crippen LogP contribution < -0.4 is 21.3 Å². The smallest absolute Gasteiger partial charge is 0.413 e. The lowest BCUT2D eigenvalue weighted by molar-refractivity contribution is -0.119. The highest BCUT2D eigenvalue weighted by atomic mass is 19.4. The molecule has 4 aromatic rings. The number of aliphatic hydroxyl groups excluding tert-OH is 1. The number of unbranched alkanes of at least 4 members (excludes halogenated alkanes) is 2. The Hall–Kier alpha value is -5.78. The van der Waals surface area contributed by atoms with Crippen molar-refractivity contribution < 1.29 is 47.0 Å². The van der Waals surface area contributed by atoms with E-state index in [0.717, 1.165) is 18.5 Å². The molecule has 0 radical (unpaired) electrons. The first-order valence-electron chi connectivity index (χ1n) is 13.6. The summed E-state index contributed by atoms with van der Waals surface area (Å²) in [5, 5.41) is 30.1. The fourth-order valence-electron chi connectivity index (χ4n) is 4.23. The molecule has 46 heavy (non-hydrogen) atoms. The number of rotatable bonds is 13. The summed E-state index contributed by atoms with van der Waals surface area (Å²) in [5.74, 6) is -2.89. The van der Waals surface area contributed by atoms with Crippen molar-refractivity contribution in [3.8, 4) is 22.7 Å². The molecule has 0 unspecified atom stereocenters. The number of nitrogens with zero attached hydrogens (tertiary/aromatic N) is 4. The molecule has 0 saturated carbocycles. The van der Waals surface area contributed by atoms with E-state index in [2.05, 4.69) is 30.8 Å². The van der Waals surface area contributed by atoms with Gasteiger partial charge in [-0.15, -0.1) is 0 Å². The number of benzene rings is 1. The quantitative estimate of drug-likeness (QED) is 0.116. The maximum atomic E-state index is 13.0. The molecule has 0 atom stereocenters. The van der Waals surface area contributed by atoms with E-state index < -0.39 is 42.4 Å². The van der Waals surface area contributed by atoms with Crippen LogP contribution in [0, 0.1) is 0 Å². The first kappa shape index (κ1) is 33.1. The van der Waals surface area contributed by atoms with Gasteiger partial charge in [0, 0.05) is 36.7 Å². The third-order valence-electron chi connectivity index (χ3n) is 6.39. The van der Waals surface area contributed by atoms with Crippen molar-refractivity contribution in [3.63, 3.8) is 0 Å². The van der Waals surface area contributed by atoms with Crippen molar-refractivity contribution in [3.05, 3.63) is 65.8 Å². The van der Waals surface area contributed by atoms with Gasteiger partial charge in [0.1, 0.15) is 24.3 Å². The van der Waals surface area contributed by atoms with Crippen molar-refractivity contribution in [2.24, 2.45) is 5.73 Å². The minimum atomic E-state index is -4.82. The van der Waals surface area contributed by atoms with Crippen molar-refractivity contribution in [1.82, 2.24) is 25.5 Å². The Kier molecular flexibility index (Phi) is 10.3. The monoisotopic (exact) mass is 644 g/mol. The van der Waals surface area contributed by atoms with Gasteiger partial charge in [0.2, 0.25) is 11.8 Å². The molecule has 242 valence electrons. The number of alkyl halides is 3. The molecular weight excluding hydrogens is 617 g/mol. The second-order valence-electron chi connectivity index (χ2n) is 9.69. The molecular formula is C28H27F3N8O7. The Balaban J connectivity index is 1.50. The number of pyridine rings is 1. The summed E-state index contributed by atoms with van der Waals surface area (Å²) in [5.41, 5.74) is 5.97. The number of carboxylic acid groups (broad SMARTS) is 1. The van der Waals surface area contributed by atoms with Crippen molar-refractivity contribution >= 4 is 35.3 Å². The molecule has 7 N–H and O–H groups in total. The highest BCUT2D eigenvalue weighted by molar-refractivity contribution is 6.08. The zero-order chi connectivity index (χ0) is 33.4. The molecule has 0 aliphatic rings. The number of nitrogens with two attached hydrogens (primary N) is 1. The summed E-state index contributed by atoms with van der Waals surface area (Å²) >= 11 is 0. The normalized spacial score (nSPS) is 11.2. The molecule has 0 aliphatic heterocycles. The molecule has 15 nitrogen and oxygen atoms in total. The maximum absolute atomic E-state index is 13.0. The SMILES string of the molecule is NC(=O)c1cc(-c2n[nH]cc2NC(=O)c2coc(-c3ccnc(N(CC(F)(F)F)C(=O)O)c3)n2)ccc1C(=O)NCCCCCO. The number of halogens is 3. The molecule has 1 aromatic carbocycles. The Morgan fingerprint density at radius 2 is 1.80 bits per heavy atom. The van der Waals surface area contributed by atoms with E-state index in [-0.39, 0.29) is 51.2 Å². The topological polar surface area (TPSA) is 230 Å². The van der Waals surface area contributed by atoms with E-state index in [0.29, 0.717) is 31.4 Å². The number of aliphatic hydroxyl groups is 1. The van der Waals surface area contributed by atoms with E-state index in [1.807, 2.05) is 0 Å². The lowest BCUT2D eigenvalue weighted by Gasteiger charge is -2.19. The number of aromatic nitrogens is 4. The van der Waals surface area contributed by atoms with Gasteiger partial charge < -0.3 is 31.0 Å². The summed E-state index contributed by atoms with van der Waals surface area (Å²) in [6.45, 7) is -1.41. The number of carbonyl (C=O) groups is 4. The third kappa shape index (κ3) is 8.23. The Labute approximate surface area is 257 Å². The number of amides is 4. The predicted octanol–water partition coefficient (Wildman–Crippen LogP) is 3.42. The molecule has 0 bridgehead atoms. The van der Waals surface area contributed by atoms with Crippen LogP contribution >= 0.6 is 0 Å². The molecule has 0 spiro atoms. The summed E-state index contributed by atoms with van der Waals surface area (Å²) in [6.07, 6.45) is -1.36. The van der Waals surface area contributed by atoms with E-state index in [4.69, 9.17) is 15.3 Å². The van der Waals surface area contributed by atoms with Crippen LogP contribution in [0.15, 0.2) is 53.4 Å². The van der Waals surface area contributed by atoms with Crippen LogP contribution in [0.2, 0.25) is 0 Å². The van der Waals surface area contributed by atoms with Crippen molar-refractivity contribution in [2.45, 2.75) is 25.4 Å². The van der Waals surface area contributed by atoms with Crippen LogP contribution in [0.1, 0.15) is 50.5 Å². The van der Waals surface area contributed by atoms with Gasteiger partial charge in [-0.3, -0.25) is 24.4 Å². The first-order chi connectivity index (χ1) is 21.9. The number of aromatic amines is 1. The summed E-state index contributed by atoms with van der Waals surface area (Å²) in [7, 11) is 0. The summed E-state index contributed by atoms with van der Waals surface area (Å²) in [6, 6.07) is 6.57. The Morgan fingerprint density at radius 1 is 1.02 bits per heavy atom. The van der Waals surface area contributed by atoms with Gasteiger partial charge in [0.05, 0.1) is 16.8 Å². The number of primary amides is 1. The molecule has 0 aliphatic carbocycles. The number of anilines is 2. The van der Waals surface area contributed by atoms with Crippen LogP contribution in [-0.2, 0) is 0 Å². The minimum absolute atomic E-state index is 0.00408. The summed E-state index contributed by atoms with van der Waals surface area (Å²) in [4.78, 5) is 57.0. The van der Waals surface area contributed by atoms with Crippen LogP contribution in [0.5, 0.6) is 0 Å². The zero-order valence-corrected chi connectivity index (χ0v) is 23.8. The van der Waals surface area contributed by atoms with Crippen LogP contribution in [0.3, 0.4) is 0 Å². The molecule has 18 heteroatoms. The van der Waals surface area contributed by atoms with E-state index in [1.54, 1.807) is 0 Å². The molecule has 3 heterocycles. The van der Waals surface area contributed by atoms with Gasteiger partial charge >= 0.3 is 12.3 Å². The first-order valence-corrected chi connectivity index (χ1v) is 13.6. The third-order valence-corrected chi connectivity index (χ3v) is 6.39. The van der Waals surface area contributed by atoms with Gasteiger partial charge in [-0.2, -0.15) is 18.3 Å². The molecule has 0 fully saturated rings. The minimum Gasteiger partial charge on any atom is -0.465 e. The maximum Gasteiger partial charge on any atom is 0.413 e. The molecule has 0 saturated heterocycles. The number of H-pyrrole nitrogens is 1. The van der Waals surface area contributed by atoms with Gasteiger partial charge in [0.25, 0.3) is 11.8 Å². The largest absolute Gasteiger partial charge is 0.465 e. The Bertz CT molecular complexity index is 1740. The average Bonchev–Trinajstić information content (AvgIpc) is 3.69. The average molecular weight is 645 g/mol. The highest BCUT2D eigenvalue weighted by Crippen LogP contribution is 2.29. The van der Waals surface area contributed by atoms with Crippen molar-refractivity contribution in [2.75, 3.05) is 29.9 Å². The van der Waals surface area contributed by atoms with Crippen LogP contribution in [0.4, 0.5) is 29.5 Å². The second kappa shape index (κ2) is 14.3. The number of hydrogen-bond donors (Lipinski definition) is 6. The molecule has 4 rings (SSSR count). The highest BCUT2D eigenvalue weighted by Gasteiger charge is 2.34.